The van der Waals surface area contributed by atoms with Crippen LogP contribution in [0.3, 0.4) is 0 Å². The summed E-state index contributed by atoms with van der Waals surface area (Å²) in [6.45, 7) is 7.13. The molecule has 2 N–H and O–H groups in total. The number of imidazole rings is 1. The Morgan fingerprint density at radius 3 is 2.56 bits per heavy atom. The van der Waals surface area contributed by atoms with Crippen LogP contribution in [0, 0.1) is 20.8 Å². The quantitative estimate of drug-likeness (QED) is 0.900. The van der Waals surface area contributed by atoms with Crippen molar-refractivity contribution in [2.75, 3.05) is 6.54 Å². The van der Waals surface area contributed by atoms with Crippen molar-refractivity contribution in [3.8, 4) is 11.3 Å². The highest BCUT2D eigenvalue weighted by atomic mass is 15.1. The number of hydrogen-bond donors (Lipinski definition) is 1. The van der Waals surface area contributed by atoms with E-state index in [1.807, 2.05) is 6.20 Å². The Bertz CT molecular complexity index is 567. The maximum absolute atomic E-state index is 5.60. The van der Waals surface area contributed by atoms with Crippen LogP contribution in [-0.2, 0) is 13.5 Å². The lowest BCUT2D eigenvalue weighted by atomic mass is 9.97. The second-order valence-electron chi connectivity index (χ2n) is 4.84. The summed E-state index contributed by atoms with van der Waals surface area (Å²) in [4.78, 5) is 4.46. The summed E-state index contributed by atoms with van der Waals surface area (Å²) >= 11 is 0. The van der Waals surface area contributed by atoms with Crippen molar-refractivity contribution >= 4 is 0 Å². The molecule has 0 saturated carbocycles. The summed E-state index contributed by atoms with van der Waals surface area (Å²) in [5.74, 6) is 1.05. The van der Waals surface area contributed by atoms with Crippen LogP contribution in [0.25, 0.3) is 11.3 Å². The van der Waals surface area contributed by atoms with E-state index in [0.717, 1.165) is 12.2 Å². The third kappa shape index (κ3) is 2.06. The average Bonchev–Trinajstić information content (AvgIpc) is 2.70. The van der Waals surface area contributed by atoms with Crippen LogP contribution in [-0.4, -0.2) is 16.1 Å². The van der Waals surface area contributed by atoms with Crippen LogP contribution < -0.4 is 5.73 Å². The summed E-state index contributed by atoms with van der Waals surface area (Å²) in [6.07, 6.45) is 2.77. The van der Waals surface area contributed by atoms with Gasteiger partial charge in [0.15, 0.2) is 0 Å². The van der Waals surface area contributed by atoms with Crippen LogP contribution >= 0.6 is 0 Å². The molecule has 1 aromatic carbocycles. The van der Waals surface area contributed by atoms with Crippen molar-refractivity contribution in [2.45, 2.75) is 27.2 Å². The maximum atomic E-state index is 5.60. The molecular formula is C15H21N3. The van der Waals surface area contributed by atoms with Crippen molar-refractivity contribution in [2.24, 2.45) is 12.8 Å². The molecule has 0 atom stereocenters. The lowest BCUT2D eigenvalue weighted by molar-refractivity contribution is 0.782. The summed E-state index contributed by atoms with van der Waals surface area (Å²) in [5, 5.41) is 0. The molecular weight excluding hydrogens is 222 g/mol. The molecule has 0 saturated heterocycles. The molecule has 1 heterocycles. The fraction of sp³-hybridized carbons (Fsp3) is 0.400. The van der Waals surface area contributed by atoms with E-state index in [4.69, 9.17) is 5.73 Å². The van der Waals surface area contributed by atoms with E-state index >= 15 is 0 Å². The van der Waals surface area contributed by atoms with Crippen LogP contribution in [0.15, 0.2) is 18.3 Å². The molecule has 0 aliphatic carbocycles. The average molecular weight is 243 g/mol. The van der Waals surface area contributed by atoms with Gasteiger partial charge < -0.3 is 10.3 Å². The first-order valence-corrected chi connectivity index (χ1v) is 6.34. The number of nitrogens with zero attached hydrogens (tertiary/aromatic N) is 2. The highest BCUT2D eigenvalue weighted by Gasteiger charge is 2.11. The number of rotatable bonds is 3. The molecule has 0 aliphatic rings. The molecule has 0 aliphatic heterocycles. The van der Waals surface area contributed by atoms with Gasteiger partial charge in [-0.05, 0) is 44.0 Å². The summed E-state index contributed by atoms with van der Waals surface area (Å²) in [5.41, 5.74) is 12.0. The Balaban J connectivity index is 2.53. The molecule has 18 heavy (non-hydrogen) atoms. The Morgan fingerprint density at radius 1 is 1.17 bits per heavy atom. The van der Waals surface area contributed by atoms with Gasteiger partial charge in [0.25, 0.3) is 0 Å². The Kier molecular flexibility index (Phi) is 3.53. The Labute approximate surface area is 109 Å². The van der Waals surface area contributed by atoms with Gasteiger partial charge in [0, 0.05) is 19.0 Å². The second kappa shape index (κ2) is 4.94. The van der Waals surface area contributed by atoms with Crippen molar-refractivity contribution in [3.05, 3.63) is 40.8 Å². The SMILES string of the molecule is Cc1ccc(-c2cnc(CCN)n2C)c(C)c1C. The van der Waals surface area contributed by atoms with Gasteiger partial charge >= 0.3 is 0 Å². The minimum Gasteiger partial charge on any atom is -0.331 e. The zero-order valence-corrected chi connectivity index (χ0v) is 11.6. The predicted octanol–water partition coefficient (Wildman–Crippen LogP) is 2.51. The molecule has 3 nitrogen and oxygen atoms in total. The van der Waals surface area contributed by atoms with Crippen molar-refractivity contribution in [3.63, 3.8) is 0 Å². The molecule has 1 aromatic heterocycles. The fourth-order valence-electron chi connectivity index (χ4n) is 2.29. The summed E-state index contributed by atoms with van der Waals surface area (Å²) in [7, 11) is 2.06. The molecule has 2 aromatic rings. The number of aryl methyl sites for hydroxylation is 1. The first-order chi connectivity index (χ1) is 8.56. The minimum absolute atomic E-state index is 0.635. The number of nitrogens with two attached hydrogens (primary N) is 1. The predicted molar refractivity (Wildman–Crippen MR) is 75.6 cm³/mol. The normalized spacial score (nSPS) is 10.9. The maximum Gasteiger partial charge on any atom is 0.110 e. The van der Waals surface area contributed by atoms with E-state index in [-0.39, 0.29) is 0 Å². The Hall–Kier alpha value is -1.61. The minimum atomic E-state index is 0.635. The van der Waals surface area contributed by atoms with E-state index in [0.29, 0.717) is 6.54 Å². The van der Waals surface area contributed by atoms with Crippen LogP contribution in [0.2, 0.25) is 0 Å². The van der Waals surface area contributed by atoms with Gasteiger partial charge in [0.1, 0.15) is 5.82 Å². The van der Waals surface area contributed by atoms with Crippen LogP contribution in [0.1, 0.15) is 22.5 Å². The third-order valence-corrected chi connectivity index (χ3v) is 3.79. The second-order valence-corrected chi connectivity index (χ2v) is 4.84. The number of hydrogen-bond acceptors (Lipinski definition) is 2. The Morgan fingerprint density at radius 2 is 1.89 bits per heavy atom. The zero-order chi connectivity index (χ0) is 13.3. The van der Waals surface area contributed by atoms with Crippen molar-refractivity contribution in [1.29, 1.82) is 0 Å². The highest BCUT2D eigenvalue weighted by Crippen LogP contribution is 2.27. The van der Waals surface area contributed by atoms with Gasteiger partial charge in [-0.25, -0.2) is 4.98 Å². The molecule has 96 valence electrons. The fourth-order valence-corrected chi connectivity index (χ4v) is 2.29. The van der Waals surface area contributed by atoms with Gasteiger partial charge in [-0.2, -0.15) is 0 Å². The van der Waals surface area contributed by atoms with E-state index in [9.17, 15) is 0 Å². The molecule has 0 bridgehead atoms. The lowest BCUT2D eigenvalue weighted by Crippen LogP contribution is -2.08. The van der Waals surface area contributed by atoms with Gasteiger partial charge in [0.2, 0.25) is 0 Å². The van der Waals surface area contributed by atoms with E-state index in [1.54, 1.807) is 0 Å². The molecule has 0 unspecified atom stereocenters. The molecule has 0 spiro atoms. The monoisotopic (exact) mass is 243 g/mol. The van der Waals surface area contributed by atoms with E-state index < -0.39 is 0 Å². The number of aromatic nitrogens is 2. The largest absolute Gasteiger partial charge is 0.331 e. The van der Waals surface area contributed by atoms with Crippen LogP contribution in [0.4, 0.5) is 0 Å². The lowest BCUT2D eigenvalue weighted by Gasteiger charge is -2.12. The highest BCUT2D eigenvalue weighted by molar-refractivity contribution is 5.66. The van der Waals surface area contributed by atoms with Crippen LogP contribution in [0.5, 0.6) is 0 Å². The van der Waals surface area contributed by atoms with E-state index in [2.05, 4.69) is 49.5 Å². The molecule has 0 radical (unpaired) electrons. The summed E-state index contributed by atoms with van der Waals surface area (Å²) in [6, 6.07) is 4.36. The van der Waals surface area contributed by atoms with Crippen molar-refractivity contribution in [1.82, 2.24) is 9.55 Å². The first-order valence-electron chi connectivity index (χ1n) is 6.34. The van der Waals surface area contributed by atoms with Gasteiger partial charge in [0.05, 0.1) is 11.9 Å². The standard InChI is InChI=1S/C15H21N3/c1-10-5-6-13(12(3)11(10)2)14-9-17-15(7-8-16)18(14)4/h5-6,9H,7-8,16H2,1-4H3. The van der Waals surface area contributed by atoms with Gasteiger partial charge in [-0.15, -0.1) is 0 Å². The number of benzene rings is 1. The molecule has 2 rings (SSSR count). The molecule has 3 heteroatoms. The first kappa shape index (κ1) is 12.8. The zero-order valence-electron chi connectivity index (χ0n) is 11.6. The van der Waals surface area contributed by atoms with Gasteiger partial charge in [-0.1, -0.05) is 12.1 Å². The van der Waals surface area contributed by atoms with Crippen molar-refractivity contribution < 1.29 is 0 Å². The smallest absolute Gasteiger partial charge is 0.110 e. The topological polar surface area (TPSA) is 43.8 Å². The molecule has 0 fully saturated rings. The van der Waals surface area contributed by atoms with E-state index in [1.165, 1.54) is 27.9 Å². The summed E-state index contributed by atoms with van der Waals surface area (Å²) < 4.78 is 2.14. The third-order valence-electron chi connectivity index (χ3n) is 3.79. The van der Waals surface area contributed by atoms with Gasteiger partial charge in [-0.3, -0.25) is 0 Å². The molecule has 0 amide bonds.